The lowest BCUT2D eigenvalue weighted by atomic mass is 9.71. The molecule has 2 bridgehead atoms. The first-order valence-electron chi connectivity index (χ1n) is 6.09. The number of carbonyl (C=O) groups excluding carboxylic acids is 1. The number of piperidine rings is 2. The zero-order valence-electron chi connectivity index (χ0n) is 9.65. The van der Waals surface area contributed by atoms with Crippen LogP contribution in [0.2, 0.25) is 0 Å². The van der Waals surface area contributed by atoms with Crippen molar-refractivity contribution in [3.8, 4) is 0 Å². The summed E-state index contributed by atoms with van der Waals surface area (Å²) in [6, 6.07) is 8.01. The molecular weight excluding hydrogens is 198 g/mol. The van der Waals surface area contributed by atoms with Crippen LogP contribution in [0.4, 0.5) is 5.69 Å². The summed E-state index contributed by atoms with van der Waals surface area (Å²) >= 11 is 0. The Hall–Kier alpha value is -1.31. The van der Waals surface area contributed by atoms with Crippen molar-refractivity contribution in [1.82, 2.24) is 0 Å². The highest BCUT2D eigenvalue weighted by molar-refractivity contribution is 5.99. The van der Waals surface area contributed by atoms with E-state index in [0.29, 0.717) is 0 Å². The van der Waals surface area contributed by atoms with Crippen LogP contribution in [0.3, 0.4) is 0 Å². The summed E-state index contributed by atoms with van der Waals surface area (Å²) < 4.78 is 0. The van der Waals surface area contributed by atoms with E-state index in [0.717, 1.165) is 36.2 Å². The second-order valence-electron chi connectivity index (χ2n) is 5.18. The number of rotatable bonds is 2. The van der Waals surface area contributed by atoms with Gasteiger partial charge >= 0.3 is 0 Å². The molecule has 1 aliphatic carbocycles. The number of hydrogen-bond donors (Lipinski definition) is 0. The fraction of sp³-hybridized carbons (Fsp3) is 0.500. The average Bonchev–Trinajstić information content (AvgIpc) is 2.28. The Labute approximate surface area is 96.3 Å². The fourth-order valence-corrected chi connectivity index (χ4v) is 3.11. The van der Waals surface area contributed by atoms with Crippen molar-refractivity contribution in [1.29, 1.82) is 0 Å². The van der Waals surface area contributed by atoms with E-state index in [-0.39, 0.29) is 5.78 Å². The number of anilines is 1. The van der Waals surface area contributed by atoms with Crippen LogP contribution in [0.15, 0.2) is 24.3 Å². The highest BCUT2D eigenvalue weighted by Gasteiger charge is 2.37. The highest BCUT2D eigenvalue weighted by Crippen LogP contribution is 2.41. The van der Waals surface area contributed by atoms with E-state index in [9.17, 15) is 4.79 Å². The molecule has 2 heteroatoms. The number of hydrogen-bond acceptors (Lipinski definition) is 2. The van der Waals surface area contributed by atoms with E-state index in [1.54, 1.807) is 6.92 Å². The maximum atomic E-state index is 11.6. The standard InChI is InChI=1S/C14H17NO/c1-10(16)13-4-2-3-5-14(13)15-8-11-6-12(7-11)9-15/h2-5,11-12H,6-9H2,1H3. The van der Waals surface area contributed by atoms with Crippen LogP contribution < -0.4 is 4.90 Å². The molecule has 2 saturated heterocycles. The van der Waals surface area contributed by atoms with Crippen LogP contribution in [0.5, 0.6) is 0 Å². The number of para-hydroxylation sites is 1. The third-order valence-corrected chi connectivity index (χ3v) is 3.91. The van der Waals surface area contributed by atoms with Crippen LogP contribution in [0.1, 0.15) is 30.1 Å². The molecule has 3 fully saturated rings. The Bertz CT molecular complexity index is 410. The van der Waals surface area contributed by atoms with E-state index in [2.05, 4.69) is 11.0 Å². The van der Waals surface area contributed by atoms with Crippen LogP contribution in [-0.2, 0) is 0 Å². The van der Waals surface area contributed by atoms with Crippen molar-refractivity contribution >= 4 is 11.5 Å². The first-order valence-corrected chi connectivity index (χ1v) is 6.09. The molecule has 0 atom stereocenters. The van der Waals surface area contributed by atoms with Gasteiger partial charge in [-0.15, -0.1) is 0 Å². The molecule has 16 heavy (non-hydrogen) atoms. The molecule has 1 saturated carbocycles. The van der Waals surface area contributed by atoms with Crippen molar-refractivity contribution in [3.05, 3.63) is 29.8 Å². The molecule has 4 rings (SSSR count). The summed E-state index contributed by atoms with van der Waals surface area (Å²) in [5, 5.41) is 0. The van der Waals surface area contributed by atoms with E-state index in [1.807, 2.05) is 18.2 Å². The van der Waals surface area contributed by atoms with E-state index >= 15 is 0 Å². The summed E-state index contributed by atoms with van der Waals surface area (Å²) in [6.45, 7) is 3.94. The average molecular weight is 215 g/mol. The molecule has 0 aromatic heterocycles. The molecule has 0 N–H and O–H groups in total. The van der Waals surface area contributed by atoms with Crippen molar-refractivity contribution in [2.24, 2.45) is 11.8 Å². The largest absolute Gasteiger partial charge is 0.370 e. The first kappa shape index (κ1) is 9.88. The predicted octanol–water partition coefficient (Wildman–Crippen LogP) is 2.74. The van der Waals surface area contributed by atoms with Crippen LogP contribution in [-0.4, -0.2) is 18.9 Å². The number of benzene rings is 1. The van der Waals surface area contributed by atoms with Gasteiger partial charge in [-0.25, -0.2) is 0 Å². The summed E-state index contributed by atoms with van der Waals surface area (Å²) in [4.78, 5) is 14.0. The minimum atomic E-state index is 0.176. The maximum absolute atomic E-state index is 11.6. The van der Waals surface area contributed by atoms with Gasteiger partial charge in [0.2, 0.25) is 0 Å². The summed E-state index contributed by atoms with van der Waals surface area (Å²) in [5.41, 5.74) is 2.02. The lowest BCUT2D eigenvalue weighted by Gasteiger charge is -2.48. The Morgan fingerprint density at radius 3 is 2.44 bits per heavy atom. The highest BCUT2D eigenvalue weighted by atomic mass is 16.1. The third-order valence-electron chi connectivity index (χ3n) is 3.91. The molecular formula is C14H17NO. The maximum Gasteiger partial charge on any atom is 0.161 e. The number of nitrogens with zero attached hydrogens (tertiary/aromatic N) is 1. The zero-order valence-corrected chi connectivity index (χ0v) is 9.65. The molecule has 0 amide bonds. The van der Waals surface area contributed by atoms with Gasteiger partial charge < -0.3 is 4.90 Å². The van der Waals surface area contributed by atoms with Gasteiger partial charge in [0.25, 0.3) is 0 Å². The molecule has 3 aliphatic rings. The van der Waals surface area contributed by atoms with Crippen molar-refractivity contribution < 1.29 is 4.79 Å². The normalized spacial score (nSPS) is 27.4. The second-order valence-corrected chi connectivity index (χ2v) is 5.18. The molecule has 2 nitrogen and oxygen atoms in total. The van der Waals surface area contributed by atoms with E-state index < -0.39 is 0 Å². The molecule has 0 spiro atoms. The van der Waals surface area contributed by atoms with Crippen molar-refractivity contribution in [2.45, 2.75) is 19.8 Å². The van der Waals surface area contributed by atoms with Gasteiger partial charge in [-0.3, -0.25) is 4.79 Å². The molecule has 0 radical (unpaired) electrons. The SMILES string of the molecule is CC(=O)c1ccccc1N1CC2CC(C2)C1. The quantitative estimate of drug-likeness (QED) is 0.707. The Morgan fingerprint density at radius 2 is 1.81 bits per heavy atom. The van der Waals surface area contributed by atoms with E-state index in [4.69, 9.17) is 0 Å². The van der Waals surface area contributed by atoms with Crippen molar-refractivity contribution in [2.75, 3.05) is 18.0 Å². The third kappa shape index (κ3) is 1.53. The van der Waals surface area contributed by atoms with Gasteiger partial charge in [0.1, 0.15) is 0 Å². The minimum Gasteiger partial charge on any atom is -0.370 e. The number of carbonyl (C=O) groups is 1. The van der Waals surface area contributed by atoms with Crippen LogP contribution in [0.25, 0.3) is 0 Å². The summed E-state index contributed by atoms with van der Waals surface area (Å²) in [5.74, 6) is 1.92. The summed E-state index contributed by atoms with van der Waals surface area (Å²) in [7, 11) is 0. The van der Waals surface area contributed by atoms with Gasteiger partial charge in [0, 0.05) is 24.3 Å². The number of Topliss-reactive ketones (excluding diaryl/α,β-unsaturated/α-hetero) is 1. The smallest absolute Gasteiger partial charge is 0.161 e. The zero-order chi connectivity index (χ0) is 11.1. The second kappa shape index (κ2) is 3.62. The van der Waals surface area contributed by atoms with Gasteiger partial charge in [-0.05, 0) is 43.7 Å². The number of ketones is 1. The Balaban J connectivity index is 1.91. The van der Waals surface area contributed by atoms with Crippen LogP contribution >= 0.6 is 0 Å². The van der Waals surface area contributed by atoms with Gasteiger partial charge in [0.15, 0.2) is 5.78 Å². The molecule has 84 valence electrons. The van der Waals surface area contributed by atoms with Gasteiger partial charge in [-0.2, -0.15) is 0 Å². The van der Waals surface area contributed by atoms with Crippen LogP contribution in [0, 0.1) is 11.8 Å². The fourth-order valence-electron chi connectivity index (χ4n) is 3.11. The summed E-state index contributed by atoms with van der Waals surface area (Å²) in [6.07, 6.45) is 2.80. The predicted molar refractivity (Wildman–Crippen MR) is 64.9 cm³/mol. The Kier molecular flexibility index (Phi) is 2.23. The van der Waals surface area contributed by atoms with Gasteiger partial charge in [0.05, 0.1) is 0 Å². The lowest BCUT2D eigenvalue weighted by molar-refractivity contribution is 0.101. The number of fused-ring (bicyclic) bond motifs is 2. The minimum absolute atomic E-state index is 0.176. The molecule has 0 unspecified atom stereocenters. The Morgan fingerprint density at radius 1 is 1.19 bits per heavy atom. The molecule has 2 heterocycles. The molecule has 1 aromatic carbocycles. The topological polar surface area (TPSA) is 20.3 Å². The monoisotopic (exact) mass is 215 g/mol. The molecule has 1 aromatic rings. The van der Waals surface area contributed by atoms with E-state index in [1.165, 1.54) is 12.8 Å². The van der Waals surface area contributed by atoms with Crippen molar-refractivity contribution in [3.63, 3.8) is 0 Å². The first-order chi connectivity index (χ1) is 7.74. The lowest BCUT2D eigenvalue weighted by Crippen LogP contribution is -2.49. The van der Waals surface area contributed by atoms with Gasteiger partial charge in [-0.1, -0.05) is 12.1 Å². The molecule has 2 aliphatic heterocycles.